The first-order valence-electron chi connectivity index (χ1n) is 8.22. The summed E-state index contributed by atoms with van der Waals surface area (Å²) in [5.74, 6) is 0. The standard InChI is InChI=1S/C20H21Cl2NO/c21-18-5-1-15(2-6-18)16-9-12-23(13-10-16)20(11-14-24)17-3-7-19(22)8-4-17/h1-9,20,24H,10-14H2. The Bertz CT molecular complexity index is 695. The zero-order chi connectivity index (χ0) is 16.9. The number of nitrogens with zero attached hydrogens (tertiary/aromatic N) is 1. The molecule has 0 amide bonds. The summed E-state index contributed by atoms with van der Waals surface area (Å²) in [5.41, 5.74) is 3.81. The van der Waals surface area contributed by atoms with Crippen molar-refractivity contribution in [2.75, 3.05) is 19.7 Å². The molecule has 0 radical (unpaired) electrons. The zero-order valence-electron chi connectivity index (χ0n) is 13.5. The quantitative estimate of drug-likeness (QED) is 0.790. The van der Waals surface area contributed by atoms with Crippen LogP contribution in [0.15, 0.2) is 54.6 Å². The van der Waals surface area contributed by atoms with E-state index in [1.807, 2.05) is 24.3 Å². The minimum absolute atomic E-state index is 0.178. The molecule has 126 valence electrons. The van der Waals surface area contributed by atoms with Gasteiger partial charge in [0.15, 0.2) is 0 Å². The smallest absolute Gasteiger partial charge is 0.0449 e. The summed E-state index contributed by atoms with van der Waals surface area (Å²) in [6.45, 7) is 2.03. The fourth-order valence-electron chi connectivity index (χ4n) is 3.26. The lowest BCUT2D eigenvalue weighted by atomic mass is 9.96. The molecule has 24 heavy (non-hydrogen) atoms. The molecule has 1 aliphatic rings. The molecule has 0 fully saturated rings. The highest BCUT2D eigenvalue weighted by Crippen LogP contribution is 2.31. The fourth-order valence-corrected chi connectivity index (χ4v) is 3.51. The van der Waals surface area contributed by atoms with E-state index in [4.69, 9.17) is 23.2 Å². The molecule has 2 nitrogen and oxygen atoms in total. The molecule has 2 aromatic rings. The maximum absolute atomic E-state index is 9.46. The summed E-state index contributed by atoms with van der Waals surface area (Å²) in [5, 5.41) is 11.0. The van der Waals surface area contributed by atoms with Gasteiger partial charge in [-0.05, 0) is 53.8 Å². The van der Waals surface area contributed by atoms with Gasteiger partial charge in [-0.3, -0.25) is 4.90 Å². The highest BCUT2D eigenvalue weighted by molar-refractivity contribution is 6.30. The van der Waals surface area contributed by atoms with Crippen LogP contribution in [0.3, 0.4) is 0 Å². The largest absolute Gasteiger partial charge is 0.396 e. The van der Waals surface area contributed by atoms with E-state index in [1.165, 1.54) is 16.7 Å². The van der Waals surface area contributed by atoms with Crippen molar-refractivity contribution >= 4 is 28.8 Å². The topological polar surface area (TPSA) is 23.5 Å². The van der Waals surface area contributed by atoms with Gasteiger partial charge in [-0.1, -0.05) is 53.5 Å². The third kappa shape index (κ3) is 4.20. The van der Waals surface area contributed by atoms with Crippen LogP contribution in [0.1, 0.15) is 30.0 Å². The van der Waals surface area contributed by atoms with Crippen molar-refractivity contribution in [2.24, 2.45) is 0 Å². The normalized spacial score (nSPS) is 16.7. The van der Waals surface area contributed by atoms with Gasteiger partial charge < -0.3 is 5.11 Å². The summed E-state index contributed by atoms with van der Waals surface area (Å²) in [4.78, 5) is 2.42. The molecular formula is C20H21Cl2NO. The van der Waals surface area contributed by atoms with Gasteiger partial charge in [-0.2, -0.15) is 0 Å². The Hall–Kier alpha value is -1.32. The predicted molar refractivity (Wildman–Crippen MR) is 102 cm³/mol. The molecule has 2 aromatic carbocycles. The number of aliphatic hydroxyl groups excluding tert-OH is 1. The van der Waals surface area contributed by atoms with Crippen molar-refractivity contribution < 1.29 is 5.11 Å². The van der Waals surface area contributed by atoms with Crippen molar-refractivity contribution in [1.29, 1.82) is 0 Å². The molecule has 0 spiro atoms. The van der Waals surface area contributed by atoms with E-state index in [9.17, 15) is 5.11 Å². The van der Waals surface area contributed by atoms with Crippen LogP contribution in [0.25, 0.3) is 5.57 Å². The van der Waals surface area contributed by atoms with E-state index in [1.54, 1.807) is 0 Å². The van der Waals surface area contributed by atoms with Crippen LogP contribution in [0, 0.1) is 0 Å². The number of hydrogen-bond acceptors (Lipinski definition) is 2. The van der Waals surface area contributed by atoms with E-state index in [2.05, 4.69) is 35.2 Å². The van der Waals surface area contributed by atoms with Crippen LogP contribution in [0.2, 0.25) is 10.0 Å². The number of aliphatic hydroxyl groups is 1. The predicted octanol–water partition coefficient (Wildman–Crippen LogP) is 5.21. The minimum atomic E-state index is 0.178. The van der Waals surface area contributed by atoms with Crippen LogP contribution >= 0.6 is 23.2 Å². The molecule has 4 heteroatoms. The van der Waals surface area contributed by atoms with E-state index >= 15 is 0 Å². The van der Waals surface area contributed by atoms with E-state index in [-0.39, 0.29) is 12.6 Å². The van der Waals surface area contributed by atoms with Crippen LogP contribution in [0.5, 0.6) is 0 Å². The lowest BCUT2D eigenvalue weighted by Crippen LogP contribution is -2.33. The number of benzene rings is 2. The van der Waals surface area contributed by atoms with Crippen LogP contribution in [-0.2, 0) is 0 Å². The second-order valence-corrected chi connectivity index (χ2v) is 6.93. The SMILES string of the molecule is OCCC(c1ccc(Cl)cc1)N1CC=C(c2ccc(Cl)cc2)CC1. The highest BCUT2D eigenvalue weighted by atomic mass is 35.5. The summed E-state index contributed by atoms with van der Waals surface area (Å²) in [7, 11) is 0. The average Bonchev–Trinajstić information content (AvgIpc) is 2.62. The first kappa shape index (κ1) is 17.5. The Morgan fingerprint density at radius 3 is 2.12 bits per heavy atom. The molecule has 0 saturated carbocycles. The number of rotatable bonds is 5. The molecule has 0 bridgehead atoms. The molecule has 0 aliphatic carbocycles. The van der Waals surface area contributed by atoms with Gasteiger partial charge >= 0.3 is 0 Å². The maximum atomic E-state index is 9.46. The van der Waals surface area contributed by atoms with E-state index < -0.39 is 0 Å². The van der Waals surface area contributed by atoms with E-state index in [0.29, 0.717) is 0 Å². The van der Waals surface area contributed by atoms with Gasteiger partial charge in [-0.15, -0.1) is 0 Å². The average molecular weight is 362 g/mol. The summed E-state index contributed by atoms with van der Waals surface area (Å²) in [6.07, 6.45) is 4.01. The summed E-state index contributed by atoms with van der Waals surface area (Å²) >= 11 is 12.0. The first-order valence-corrected chi connectivity index (χ1v) is 8.98. The monoisotopic (exact) mass is 361 g/mol. The molecule has 0 aromatic heterocycles. The molecule has 1 aliphatic heterocycles. The van der Waals surface area contributed by atoms with Crippen LogP contribution in [-0.4, -0.2) is 29.7 Å². The van der Waals surface area contributed by atoms with Crippen molar-refractivity contribution in [2.45, 2.75) is 18.9 Å². The van der Waals surface area contributed by atoms with Gasteiger partial charge in [-0.25, -0.2) is 0 Å². The van der Waals surface area contributed by atoms with Gasteiger partial charge in [0.25, 0.3) is 0 Å². The third-order valence-electron chi connectivity index (χ3n) is 4.55. The van der Waals surface area contributed by atoms with Crippen LogP contribution in [0.4, 0.5) is 0 Å². The Balaban J connectivity index is 1.75. The minimum Gasteiger partial charge on any atom is -0.396 e. The van der Waals surface area contributed by atoms with Gasteiger partial charge in [0.2, 0.25) is 0 Å². The second kappa shape index (κ2) is 8.17. The number of hydrogen-bond donors (Lipinski definition) is 1. The molecule has 1 atom stereocenters. The molecule has 3 rings (SSSR count). The summed E-state index contributed by atoms with van der Waals surface area (Å²) in [6, 6.07) is 16.2. The van der Waals surface area contributed by atoms with Crippen molar-refractivity contribution in [3.05, 3.63) is 75.8 Å². The second-order valence-electron chi connectivity index (χ2n) is 6.06. The third-order valence-corrected chi connectivity index (χ3v) is 5.06. The first-order chi connectivity index (χ1) is 11.7. The van der Waals surface area contributed by atoms with Gasteiger partial charge in [0.1, 0.15) is 0 Å². The van der Waals surface area contributed by atoms with Crippen molar-refractivity contribution in [3.8, 4) is 0 Å². The fraction of sp³-hybridized carbons (Fsp3) is 0.300. The lowest BCUT2D eigenvalue weighted by Gasteiger charge is -2.34. The molecule has 1 N–H and O–H groups in total. The Morgan fingerprint density at radius 2 is 1.58 bits per heavy atom. The zero-order valence-corrected chi connectivity index (χ0v) is 15.0. The van der Waals surface area contributed by atoms with Crippen molar-refractivity contribution in [1.82, 2.24) is 4.90 Å². The molecule has 1 heterocycles. The molecular weight excluding hydrogens is 341 g/mol. The van der Waals surface area contributed by atoms with Crippen molar-refractivity contribution in [3.63, 3.8) is 0 Å². The van der Waals surface area contributed by atoms with Crippen LogP contribution < -0.4 is 0 Å². The highest BCUT2D eigenvalue weighted by Gasteiger charge is 2.22. The lowest BCUT2D eigenvalue weighted by molar-refractivity contribution is 0.169. The summed E-state index contributed by atoms with van der Waals surface area (Å²) < 4.78 is 0. The Labute approximate surface area is 153 Å². The Morgan fingerprint density at radius 1 is 0.958 bits per heavy atom. The number of halogens is 2. The molecule has 0 saturated heterocycles. The Kier molecular flexibility index (Phi) is 5.96. The molecule has 1 unspecified atom stereocenters. The van der Waals surface area contributed by atoms with E-state index in [0.717, 1.165) is 36.0 Å². The van der Waals surface area contributed by atoms with Gasteiger partial charge in [0.05, 0.1) is 0 Å². The van der Waals surface area contributed by atoms with Gasteiger partial charge in [0, 0.05) is 35.8 Å². The maximum Gasteiger partial charge on any atom is 0.0449 e.